The Kier molecular flexibility index (Phi) is 5.34. The van der Waals surface area contributed by atoms with Gasteiger partial charge in [-0.2, -0.15) is 0 Å². The monoisotopic (exact) mass is 342 g/mol. The van der Waals surface area contributed by atoms with Crippen LogP contribution in [0.15, 0.2) is 42.5 Å². The fourth-order valence-corrected chi connectivity index (χ4v) is 3.52. The van der Waals surface area contributed by atoms with Crippen LogP contribution in [-0.2, 0) is 0 Å². The van der Waals surface area contributed by atoms with E-state index in [1.807, 2.05) is 30.3 Å². The molecule has 0 aliphatic carbocycles. The third-order valence-electron chi connectivity index (χ3n) is 4.77. The Morgan fingerprint density at radius 1 is 0.920 bits per heavy atom. The number of nitrogens with two attached hydrogens (primary N) is 1. The van der Waals surface area contributed by atoms with Crippen LogP contribution in [0.5, 0.6) is 17.2 Å². The largest absolute Gasteiger partial charge is 0.497 e. The zero-order valence-electron chi connectivity index (χ0n) is 15.1. The maximum atomic E-state index is 6.38. The van der Waals surface area contributed by atoms with Gasteiger partial charge in [0, 0.05) is 31.1 Å². The maximum absolute atomic E-state index is 6.38. The lowest BCUT2D eigenvalue weighted by Crippen LogP contribution is -2.46. The lowest BCUT2D eigenvalue weighted by molar-refractivity contribution is 0.396. The molecule has 1 aliphatic rings. The Morgan fingerprint density at radius 3 is 2.40 bits per heavy atom. The number of hydrogen-bond acceptors (Lipinski definition) is 5. The van der Waals surface area contributed by atoms with Crippen LogP contribution in [0.2, 0.25) is 0 Å². The summed E-state index contributed by atoms with van der Waals surface area (Å²) in [5.74, 6) is 2.86. The highest BCUT2D eigenvalue weighted by Gasteiger charge is 2.28. The molecule has 1 saturated heterocycles. The van der Waals surface area contributed by atoms with Crippen LogP contribution in [0, 0.1) is 0 Å². The van der Waals surface area contributed by atoms with Crippen LogP contribution >= 0.6 is 0 Å². The minimum absolute atomic E-state index is 0.0980. The van der Waals surface area contributed by atoms with Crippen molar-refractivity contribution in [3.63, 3.8) is 0 Å². The van der Waals surface area contributed by atoms with Gasteiger partial charge in [-0.1, -0.05) is 12.1 Å². The second-order valence-electron chi connectivity index (χ2n) is 6.41. The van der Waals surface area contributed by atoms with Crippen LogP contribution < -0.4 is 24.8 Å². The summed E-state index contributed by atoms with van der Waals surface area (Å²) in [7, 11) is 5.06. The summed E-state index contributed by atoms with van der Waals surface area (Å²) < 4.78 is 16.3. The van der Waals surface area contributed by atoms with E-state index in [2.05, 4.69) is 17.0 Å². The summed E-state index contributed by atoms with van der Waals surface area (Å²) >= 11 is 0. The molecule has 1 fully saturated rings. The Bertz CT molecular complexity index is 720. The van der Waals surface area contributed by atoms with Crippen molar-refractivity contribution in [2.24, 2.45) is 5.73 Å². The van der Waals surface area contributed by atoms with Gasteiger partial charge in [0.1, 0.15) is 17.2 Å². The molecular formula is C20H26N2O3. The van der Waals surface area contributed by atoms with Crippen LogP contribution in [0.1, 0.15) is 17.9 Å². The third-order valence-corrected chi connectivity index (χ3v) is 4.77. The normalized spacial score (nSPS) is 20.2. The summed E-state index contributed by atoms with van der Waals surface area (Å²) in [6.07, 6.45) is 0.954. The van der Waals surface area contributed by atoms with E-state index in [0.29, 0.717) is 5.92 Å². The van der Waals surface area contributed by atoms with Gasteiger partial charge in [0.2, 0.25) is 0 Å². The van der Waals surface area contributed by atoms with Gasteiger partial charge < -0.3 is 24.8 Å². The third kappa shape index (κ3) is 3.82. The highest BCUT2D eigenvalue weighted by molar-refractivity contribution is 5.62. The average molecular weight is 342 g/mol. The van der Waals surface area contributed by atoms with Crippen LogP contribution in [-0.4, -0.2) is 40.5 Å². The minimum atomic E-state index is 0.0980. The Morgan fingerprint density at radius 2 is 1.68 bits per heavy atom. The molecule has 0 amide bonds. The predicted molar refractivity (Wildman–Crippen MR) is 100 cm³/mol. The van der Waals surface area contributed by atoms with Crippen LogP contribution in [0.4, 0.5) is 5.69 Å². The molecule has 1 aliphatic heterocycles. The van der Waals surface area contributed by atoms with Crippen molar-refractivity contribution >= 4 is 5.69 Å². The van der Waals surface area contributed by atoms with Gasteiger partial charge in [0.05, 0.1) is 27.0 Å². The summed E-state index contributed by atoms with van der Waals surface area (Å²) in [6, 6.07) is 14.2. The van der Waals surface area contributed by atoms with Crippen LogP contribution in [0.25, 0.3) is 0 Å². The van der Waals surface area contributed by atoms with Crippen molar-refractivity contribution in [3.05, 3.63) is 48.0 Å². The molecule has 2 aromatic rings. The molecule has 0 radical (unpaired) electrons. The molecule has 3 rings (SSSR count). The number of nitrogens with zero attached hydrogens (tertiary/aromatic N) is 1. The van der Waals surface area contributed by atoms with E-state index in [1.165, 1.54) is 5.56 Å². The van der Waals surface area contributed by atoms with Gasteiger partial charge in [0.25, 0.3) is 0 Å². The zero-order chi connectivity index (χ0) is 17.8. The number of ether oxygens (including phenoxy) is 3. The first-order chi connectivity index (χ1) is 12.1. The highest BCUT2D eigenvalue weighted by Crippen LogP contribution is 2.37. The van der Waals surface area contributed by atoms with E-state index in [0.717, 1.165) is 42.4 Å². The zero-order valence-corrected chi connectivity index (χ0v) is 15.1. The van der Waals surface area contributed by atoms with Gasteiger partial charge >= 0.3 is 0 Å². The first-order valence-electron chi connectivity index (χ1n) is 8.51. The topological polar surface area (TPSA) is 57.0 Å². The fraction of sp³-hybridized carbons (Fsp3) is 0.400. The van der Waals surface area contributed by atoms with Gasteiger partial charge in [-0.25, -0.2) is 0 Å². The van der Waals surface area contributed by atoms with Gasteiger partial charge in [-0.3, -0.25) is 0 Å². The van der Waals surface area contributed by atoms with Crippen molar-refractivity contribution in [1.82, 2.24) is 0 Å². The molecule has 134 valence electrons. The van der Waals surface area contributed by atoms with Crippen molar-refractivity contribution in [2.75, 3.05) is 39.3 Å². The molecule has 0 saturated carbocycles. The maximum Gasteiger partial charge on any atom is 0.142 e. The first kappa shape index (κ1) is 17.4. The molecule has 0 aromatic heterocycles. The molecule has 0 bridgehead atoms. The number of anilines is 1. The van der Waals surface area contributed by atoms with Crippen LogP contribution in [0.3, 0.4) is 0 Å². The average Bonchev–Trinajstić information content (AvgIpc) is 2.67. The molecule has 25 heavy (non-hydrogen) atoms. The lowest BCUT2D eigenvalue weighted by Gasteiger charge is -2.38. The summed E-state index contributed by atoms with van der Waals surface area (Å²) in [4.78, 5) is 2.29. The summed E-state index contributed by atoms with van der Waals surface area (Å²) in [6.45, 7) is 1.67. The summed E-state index contributed by atoms with van der Waals surface area (Å²) in [5, 5.41) is 0. The Labute approximate surface area is 149 Å². The number of rotatable bonds is 5. The van der Waals surface area contributed by atoms with Crippen molar-refractivity contribution < 1.29 is 14.2 Å². The van der Waals surface area contributed by atoms with Gasteiger partial charge in [0.15, 0.2) is 0 Å². The van der Waals surface area contributed by atoms with Gasteiger partial charge in [-0.15, -0.1) is 0 Å². The fourth-order valence-electron chi connectivity index (χ4n) is 3.52. The lowest BCUT2D eigenvalue weighted by atomic mass is 9.88. The Balaban J connectivity index is 1.90. The molecule has 5 heteroatoms. The van der Waals surface area contributed by atoms with Crippen molar-refractivity contribution in [2.45, 2.75) is 18.4 Å². The summed E-state index contributed by atoms with van der Waals surface area (Å²) in [5.41, 5.74) is 8.65. The van der Waals surface area contributed by atoms with Gasteiger partial charge in [-0.05, 0) is 36.2 Å². The number of methoxy groups -OCH3 is 3. The minimum Gasteiger partial charge on any atom is -0.497 e. The van der Waals surface area contributed by atoms with Crippen molar-refractivity contribution in [3.8, 4) is 17.2 Å². The molecule has 2 N–H and O–H groups in total. The standard InChI is InChI=1S/C20H26N2O3/c1-23-17-6-4-5-14(10-17)15-9-16(21)13-22(12-15)19-11-18(24-2)7-8-20(19)25-3/h4-8,10-11,15-16H,9,12-13,21H2,1-3H3. The SMILES string of the molecule is COc1cccc(C2CC(N)CN(c3cc(OC)ccc3OC)C2)c1. The molecule has 2 atom stereocenters. The molecule has 1 heterocycles. The molecule has 2 aromatic carbocycles. The number of piperidine rings is 1. The smallest absolute Gasteiger partial charge is 0.142 e. The molecule has 0 spiro atoms. The highest BCUT2D eigenvalue weighted by atomic mass is 16.5. The first-order valence-corrected chi connectivity index (χ1v) is 8.51. The van der Waals surface area contributed by atoms with E-state index >= 15 is 0 Å². The predicted octanol–water partition coefficient (Wildman–Crippen LogP) is 3.03. The van der Waals surface area contributed by atoms with E-state index in [1.54, 1.807) is 21.3 Å². The molecule has 5 nitrogen and oxygen atoms in total. The second kappa shape index (κ2) is 7.66. The van der Waals surface area contributed by atoms with E-state index < -0.39 is 0 Å². The number of benzene rings is 2. The van der Waals surface area contributed by atoms with E-state index in [-0.39, 0.29) is 6.04 Å². The number of hydrogen-bond donors (Lipinski definition) is 1. The molecule has 2 unspecified atom stereocenters. The van der Waals surface area contributed by atoms with Crippen molar-refractivity contribution in [1.29, 1.82) is 0 Å². The quantitative estimate of drug-likeness (QED) is 0.905. The Hall–Kier alpha value is -2.40. The second-order valence-corrected chi connectivity index (χ2v) is 6.41. The molecular weight excluding hydrogens is 316 g/mol. The van der Waals surface area contributed by atoms with E-state index in [4.69, 9.17) is 19.9 Å². The van der Waals surface area contributed by atoms with E-state index in [9.17, 15) is 0 Å².